The summed E-state index contributed by atoms with van der Waals surface area (Å²) in [4.78, 5) is 12.5. The Balaban J connectivity index is 1.56. The van der Waals surface area contributed by atoms with Crippen molar-refractivity contribution in [2.24, 2.45) is 23.2 Å². The first-order valence-electron chi connectivity index (χ1n) is 8.01. The number of benzene rings is 1. The van der Waals surface area contributed by atoms with Crippen LogP contribution in [0.4, 0.5) is 8.78 Å². The summed E-state index contributed by atoms with van der Waals surface area (Å²) >= 11 is 0. The first kappa shape index (κ1) is 13.4. The first-order chi connectivity index (χ1) is 10.0. The molecule has 0 heterocycles. The van der Waals surface area contributed by atoms with Crippen LogP contribution >= 0.6 is 0 Å². The number of hydrogen-bond acceptors (Lipinski definition) is 1. The molecule has 112 valence electrons. The average molecular weight is 290 g/mol. The van der Waals surface area contributed by atoms with Gasteiger partial charge in [-0.3, -0.25) is 4.79 Å². The molecule has 0 spiro atoms. The minimum atomic E-state index is -0.663. The summed E-state index contributed by atoms with van der Waals surface area (Å²) in [5, 5.41) is 0. The quantitative estimate of drug-likeness (QED) is 0.734. The fraction of sp³-hybridized carbons (Fsp3) is 0.611. The van der Waals surface area contributed by atoms with Gasteiger partial charge in [-0.15, -0.1) is 0 Å². The van der Waals surface area contributed by atoms with Crippen molar-refractivity contribution < 1.29 is 13.6 Å². The first-order valence-corrected chi connectivity index (χ1v) is 8.01. The monoisotopic (exact) mass is 290 g/mol. The maximum atomic E-state index is 13.3. The van der Waals surface area contributed by atoms with E-state index in [-0.39, 0.29) is 16.8 Å². The zero-order valence-electron chi connectivity index (χ0n) is 12.1. The van der Waals surface area contributed by atoms with Gasteiger partial charge in [0.25, 0.3) is 0 Å². The molecule has 4 bridgehead atoms. The Bertz CT molecular complexity index is 537. The Hall–Kier alpha value is -1.25. The lowest BCUT2D eigenvalue weighted by molar-refractivity contribution is -0.0524. The highest BCUT2D eigenvalue weighted by molar-refractivity contribution is 5.96. The van der Waals surface area contributed by atoms with Crippen LogP contribution in [0.25, 0.3) is 0 Å². The number of carbonyl (C=O) groups excluding carboxylic acids is 1. The molecule has 4 fully saturated rings. The van der Waals surface area contributed by atoms with Crippen molar-refractivity contribution in [3.8, 4) is 0 Å². The Kier molecular flexibility index (Phi) is 2.95. The van der Waals surface area contributed by atoms with Gasteiger partial charge in [-0.25, -0.2) is 8.78 Å². The molecule has 0 aliphatic heterocycles. The topological polar surface area (TPSA) is 17.1 Å². The van der Waals surface area contributed by atoms with Crippen LogP contribution in [0.3, 0.4) is 0 Å². The van der Waals surface area contributed by atoms with Gasteiger partial charge in [0.05, 0.1) is 0 Å². The third kappa shape index (κ3) is 2.41. The van der Waals surface area contributed by atoms with E-state index in [2.05, 4.69) is 0 Å². The fourth-order valence-corrected chi connectivity index (χ4v) is 5.66. The van der Waals surface area contributed by atoms with Crippen LogP contribution in [0.2, 0.25) is 0 Å². The Morgan fingerprint density at radius 3 is 1.90 bits per heavy atom. The van der Waals surface area contributed by atoms with Crippen LogP contribution in [-0.4, -0.2) is 5.78 Å². The van der Waals surface area contributed by atoms with E-state index in [4.69, 9.17) is 0 Å². The molecule has 1 nitrogen and oxygen atoms in total. The van der Waals surface area contributed by atoms with Crippen LogP contribution < -0.4 is 0 Å². The van der Waals surface area contributed by atoms with Crippen molar-refractivity contribution in [3.05, 3.63) is 35.4 Å². The molecule has 0 unspecified atom stereocenters. The standard InChI is InChI=1S/C18H20F2O/c19-15-4-14(5-16(20)6-15)17(21)10-18-7-11-1-12(8-18)3-13(2-11)9-18/h4-6,11-13H,1-3,7-10H2. The molecule has 21 heavy (non-hydrogen) atoms. The van der Waals surface area contributed by atoms with Crippen molar-refractivity contribution in [2.75, 3.05) is 0 Å². The number of hydrogen-bond donors (Lipinski definition) is 0. The molecule has 4 aliphatic carbocycles. The molecular formula is C18H20F2O. The van der Waals surface area contributed by atoms with Crippen molar-refractivity contribution in [1.29, 1.82) is 0 Å². The van der Waals surface area contributed by atoms with Gasteiger partial charge in [0.15, 0.2) is 5.78 Å². The lowest BCUT2D eigenvalue weighted by Gasteiger charge is -2.56. The third-order valence-electron chi connectivity index (χ3n) is 5.89. The van der Waals surface area contributed by atoms with Gasteiger partial charge < -0.3 is 0 Å². The number of carbonyl (C=O) groups is 1. The van der Waals surface area contributed by atoms with Gasteiger partial charge in [0.1, 0.15) is 11.6 Å². The molecule has 1 aromatic carbocycles. The molecule has 3 heteroatoms. The van der Waals surface area contributed by atoms with Crippen molar-refractivity contribution in [1.82, 2.24) is 0 Å². The Labute approximate surface area is 123 Å². The summed E-state index contributed by atoms with van der Waals surface area (Å²) in [6.45, 7) is 0. The minimum absolute atomic E-state index is 0.0876. The van der Waals surface area contributed by atoms with Crippen LogP contribution in [-0.2, 0) is 0 Å². The summed E-state index contributed by atoms with van der Waals surface area (Å²) < 4.78 is 26.6. The summed E-state index contributed by atoms with van der Waals surface area (Å²) in [6.07, 6.45) is 7.90. The van der Waals surface area contributed by atoms with Gasteiger partial charge in [-0.2, -0.15) is 0 Å². The van der Waals surface area contributed by atoms with Gasteiger partial charge in [0.2, 0.25) is 0 Å². The molecular weight excluding hydrogens is 270 g/mol. The second kappa shape index (κ2) is 4.62. The molecule has 0 amide bonds. The number of halogens is 2. The third-order valence-corrected chi connectivity index (χ3v) is 5.89. The summed E-state index contributed by atoms with van der Waals surface area (Å²) in [7, 11) is 0. The molecule has 0 N–H and O–H groups in total. The zero-order valence-corrected chi connectivity index (χ0v) is 12.1. The van der Waals surface area contributed by atoms with E-state index in [1.165, 1.54) is 31.4 Å². The zero-order chi connectivity index (χ0) is 14.6. The van der Waals surface area contributed by atoms with E-state index >= 15 is 0 Å². The summed E-state index contributed by atoms with van der Waals surface area (Å²) in [6, 6.07) is 3.17. The number of rotatable bonds is 3. The van der Waals surface area contributed by atoms with Crippen LogP contribution in [0.15, 0.2) is 18.2 Å². The summed E-state index contributed by atoms with van der Waals surface area (Å²) in [5.74, 6) is 0.943. The van der Waals surface area contributed by atoms with E-state index in [1.807, 2.05) is 0 Å². The molecule has 4 saturated carbocycles. The Morgan fingerprint density at radius 1 is 0.952 bits per heavy atom. The second-order valence-electron chi connectivity index (χ2n) is 7.68. The van der Waals surface area contributed by atoms with E-state index in [1.54, 1.807) is 0 Å². The molecule has 0 aromatic heterocycles. The van der Waals surface area contributed by atoms with Gasteiger partial charge >= 0.3 is 0 Å². The normalized spacial score (nSPS) is 37.0. The van der Waals surface area contributed by atoms with Crippen LogP contribution in [0, 0.1) is 34.8 Å². The highest BCUT2D eigenvalue weighted by Crippen LogP contribution is 2.61. The molecule has 1 aromatic rings. The van der Waals surface area contributed by atoms with Crippen molar-refractivity contribution in [3.63, 3.8) is 0 Å². The predicted molar refractivity (Wildman–Crippen MR) is 75.9 cm³/mol. The SMILES string of the molecule is O=C(CC12CC3CC(CC(C3)C1)C2)c1cc(F)cc(F)c1. The van der Waals surface area contributed by atoms with Gasteiger partial charge in [-0.05, 0) is 73.8 Å². The van der Waals surface area contributed by atoms with Crippen molar-refractivity contribution in [2.45, 2.75) is 44.9 Å². The predicted octanol–water partition coefficient (Wildman–Crippen LogP) is 4.75. The smallest absolute Gasteiger partial charge is 0.163 e. The van der Waals surface area contributed by atoms with Crippen molar-refractivity contribution >= 4 is 5.78 Å². The minimum Gasteiger partial charge on any atom is -0.294 e. The molecule has 0 atom stereocenters. The lowest BCUT2D eigenvalue weighted by Crippen LogP contribution is -2.46. The van der Waals surface area contributed by atoms with Gasteiger partial charge in [0, 0.05) is 18.1 Å². The fourth-order valence-electron chi connectivity index (χ4n) is 5.66. The van der Waals surface area contributed by atoms with Gasteiger partial charge in [-0.1, -0.05) is 0 Å². The van der Waals surface area contributed by atoms with Crippen LogP contribution in [0.5, 0.6) is 0 Å². The maximum absolute atomic E-state index is 13.3. The van der Waals surface area contributed by atoms with E-state index in [9.17, 15) is 13.6 Å². The van der Waals surface area contributed by atoms with Crippen LogP contribution in [0.1, 0.15) is 55.3 Å². The average Bonchev–Trinajstić information content (AvgIpc) is 2.35. The molecule has 4 aliphatic rings. The highest BCUT2D eigenvalue weighted by atomic mass is 19.1. The van der Waals surface area contributed by atoms with E-state index in [0.717, 1.165) is 43.1 Å². The number of Topliss-reactive ketones (excluding diaryl/α,β-unsaturated/α-hetero) is 1. The molecule has 0 radical (unpaired) electrons. The second-order valence-corrected chi connectivity index (χ2v) is 7.68. The molecule has 0 saturated heterocycles. The van der Waals surface area contributed by atoms with E-state index in [0.29, 0.717) is 6.42 Å². The largest absolute Gasteiger partial charge is 0.294 e. The highest BCUT2D eigenvalue weighted by Gasteiger charge is 2.51. The van der Waals surface area contributed by atoms with E-state index < -0.39 is 11.6 Å². The summed E-state index contributed by atoms with van der Waals surface area (Å²) in [5.41, 5.74) is 0.317. The maximum Gasteiger partial charge on any atom is 0.163 e. The number of ketones is 1. The lowest BCUT2D eigenvalue weighted by atomic mass is 9.48. The molecule has 5 rings (SSSR count). The Morgan fingerprint density at radius 2 is 1.43 bits per heavy atom.